The maximum atomic E-state index is 13.0. The fraction of sp³-hybridized carbons (Fsp3) is 0.292. The normalized spacial score (nSPS) is 14.5. The molecule has 0 unspecified atom stereocenters. The first-order valence-electron chi connectivity index (χ1n) is 10.1. The maximum Gasteiger partial charge on any atom is 0.229 e. The fourth-order valence-electron chi connectivity index (χ4n) is 3.75. The van der Waals surface area contributed by atoms with E-state index >= 15 is 0 Å². The summed E-state index contributed by atoms with van der Waals surface area (Å²) < 4.78 is 10.5. The number of Topliss-reactive ketones (excluding diaryl/α,β-unsaturated/α-hetero) is 1. The Morgan fingerprint density at radius 2 is 1.61 bits per heavy atom. The van der Waals surface area contributed by atoms with Crippen LogP contribution in [0.1, 0.15) is 36.3 Å². The first-order valence-corrected chi connectivity index (χ1v) is 10.1. The minimum absolute atomic E-state index is 0.0511. The molecular weight excluding hydrogens is 392 g/mol. The summed E-state index contributed by atoms with van der Waals surface area (Å²) >= 11 is 0. The first-order chi connectivity index (χ1) is 14.9. The summed E-state index contributed by atoms with van der Waals surface area (Å²) in [4.78, 5) is 22.3. The summed E-state index contributed by atoms with van der Waals surface area (Å²) in [6.07, 6.45) is 1.16. The van der Waals surface area contributed by atoms with E-state index in [9.17, 15) is 4.79 Å². The molecule has 7 nitrogen and oxygen atoms in total. The molecule has 0 saturated carbocycles. The van der Waals surface area contributed by atoms with E-state index in [2.05, 4.69) is 29.5 Å². The zero-order valence-electron chi connectivity index (χ0n) is 18.2. The van der Waals surface area contributed by atoms with E-state index in [0.717, 1.165) is 28.6 Å². The number of carbonyl (C=O) groups is 1. The molecular formula is C24H26N4O3. The van der Waals surface area contributed by atoms with Crippen molar-refractivity contribution in [3.8, 4) is 11.5 Å². The van der Waals surface area contributed by atoms with Crippen LogP contribution in [0.25, 0.3) is 0 Å². The van der Waals surface area contributed by atoms with E-state index in [1.807, 2.05) is 48.5 Å². The number of benzene rings is 2. The molecule has 7 heteroatoms. The summed E-state index contributed by atoms with van der Waals surface area (Å²) in [5.74, 6) is 2.47. The van der Waals surface area contributed by atoms with Gasteiger partial charge in [-0.3, -0.25) is 4.79 Å². The lowest BCUT2D eigenvalue weighted by Gasteiger charge is -2.30. The van der Waals surface area contributed by atoms with E-state index in [1.165, 1.54) is 0 Å². The van der Waals surface area contributed by atoms with Gasteiger partial charge in [0, 0.05) is 23.9 Å². The quantitative estimate of drug-likeness (QED) is 0.573. The van der Waals surface area contributed by atoms with Crippen LogP contribution in [0.3, 0.4) is 0 Å². The number of fused-ring (bicyclic) bond motifs is 1. The largest absolute Gasteiger partial charge is 0.497 e. The number of aromatic nitrogens is 2. The standard InChI is InChI=1S/C24H26N4O3/c1-24(2)13-19-21(20(29)14-24)22(25-15-8-10-17(30-3)11-9-15)28-23(27-19)26-16-6-5-7-18(12-16)31-4/h5-12H,13-14H2,1-4H3,(H2,25,26,27,28). The van der Waals surface area contributed by atoms with Crippen molar-refractivity contribution in [1.82, 2.24) is 9.97 Å². The Labute approximate surface area is 181 Å². The predicted molar refractivity (Wildman–Crippen MR) is 121 cm³/mol. The van der Waals surface area contributed by atoms with Gasteiger partial charge in [-0.15, -0.1) is 0 Å². The topological polar surface area (TPSA) is 85.4 Å². The lowest BCUT2D eigenvalue weighted by atomic mass is 9.75. The van der Waals surface area contributed by atoms with E-state index in [1.54, 1.807) is 14.2 Å². The summed E-state index contributed by atoms with van der Waals surface area (Å²) in [7, 11) is 3.25. The SMILES string of the molecule is COc1ccc(Nc2nc(Nc3cccc(OC)c3)nc3c2C(=O)CC(C)(C)C3)cc1. The van der Waals surface area contributed by atoms with Crippen molar-refractivity contribution in [2.75, 3.05) is 24.9 Å². The van der Waals surface area contributed by atoms with Gasteiger partial charge in [-0.1, -0.05) is 19.9 Å². The lowest BCUT2D eigenvalue weighted by Crippen LogP contribution is -2.29. The predicted octanol–water partition coefficient (Wildman–Crippen LogP) is 5.14. The highest BCUT2D eigenvalue weighted by Gasteiger charge is 2.35. The van der Waals surface area contributed by atoms with Crippen molar-refractivity contribution < 1.29 is 14.3 Å². The number of anilines is 4. The second kappa shape index (κ2) is 8.26. The van der Waals surface area contributed by atoms with Crippen LogP contribution in [-0.2, 0) is 6.42 Å². The van der Waals surface area contributed by atoms with Gasteiger partial charge in [-0.05, 0) is 48.2 Å². The van der Waals surface area contributed by atoms with E-state index in [4.69, 9.17) is 14.5 Å². The molecule has 0 saturated heterocycles. The zero-order chi connectivity index (χ0) is 22.0. The number of carbonyl (C=O) groups excluding carboxylic acids is 1. The Bertz CT molecular complexity index is 1110. The summed E-state index contributed by atoms with van der Waals surface area (Å²) in [5.41, 5.74) is 2.77. The molecule has 1 heterocycles. The van der Waals surface area contributed by atoms with Crippen LogP contribution in [0.5, 0.6) is 11.5 Å². The molecule has 0 bridgehead atoms. The molecule has 0 amide bonds. The molecule has 31 heavy (non-hydrogen) atoms. The zero-order valence-corrected chi connectivity index (χ0v) is 18.2. The molecule has 160 valence electrons. The molecule has 1 aliphatic carbocycles. The fourth-order valence-corrected chi connectivity index (χ4v) is 3.75. The van der Waals surface area contributed by atoms with Crippen LogP contribution >= 0.6 is 0 Å². The number of ether oxygens (including phenoxy) is 2. The highest BCUT2D eigenvalue weighted by Crippen LogP contribution is 2.38. The molecule has 0 radical (unpaired) electrons. The third-order valence-corrected chi connectivity index (χ3v) is 5.23. The van der Waals surface area contributed by atoms with Crippen molar-refractivity contribution in [3.63, 3.8) is 0 Å². The summed E-state index contributed by atoms with van der Waals surface area (Å²) in [6, 6.07) is 15.0. The highest BCUT2D eigenvalue weighted by atomic mass is 16.5. The molecule has 2 N–H and O–H groups in total. The Balaban J connectivity index is 1.74. The summed E-state index contributed by atoms with van der Waals surface area (Å²) in [6.45, 7) is 4.17. The molecule has 1 aromatic heterocycles. The molecule has 2 aromatic carbocycles. The van der Waals surface area contributed by atoms with Crippen LogP contribution in [0.4, 0.5) is 23.1 Å². The van der Waals surface area contributed by atoms with Gasteiger partial charge < -0.3 is 20.1 Å². The van der Waals surface area contributed by atoms with Crippen LogP contribution in [0, 0.1) is 5.41 Å². The third-order valence-electron chi connectivity index (χ3n) is 5.23. The number of nitrogens with one attached hydrogen (secondary N) is 2. The maximum absolute atomic E-state index is 13.0. The van der Waals surface area contributed by atoms with Gasteiger partial charge in [0.15, 0.2) is 5.78 Å². The Morgan fingerprint density at radius 3 is 2.32 bits per heavy atom. The number of ketones is 1. The van der Waals surface area contributed by atoms with Crippen LogP contribution < -0.4 is 20.1 Å². The molecule has 0 spiro atoms. The molecule has 1 aliphatic rings. The Hall–Kier alpha value is -3.61. The first kappa shape index (κ1) is 20.7. The summed E-state index contributed by atoms with van der Waals surface area (Å²) in [5, 5.41) is 6.54. The van der Waals surface area contributed by atoms with E-state index in [-0.39, 0.29) is 11.2 Å². The number of hydrogen-bond acceptors (Lipinski definition) is 7. The smallest absolute Gasteiger partial charge is 0.229 e. The van der Waals surface area contributed by atoms with Gasteiger partial charge in [0.1, 0.15) is 17.3 Å². The second-order valence-electron chi connectivity index (χ2n) is 8.37. The minimum Gasteiger partial charge on any atom is -0.497 e. The average molecular weight is 418 g/mol. The van der Waals surface area contributed by atoms with Crippen molar-refractivity contribution in [1.29, 1.82) is 0 Å². The molecule has 4 rings (SSSR count). The number of methoxy groups -OCH3 is 2. The van der Waals surface area contributed by atoms with Crippen molar-refractivity contribution >= 4 is 28.9 Å². The van der Waals surface area contributed by atoms with Crippen LogP contribution in [0.15, 0.2) is 48.5 Å². The van der Waals surface area contributed by atoms with Gasteiger partial charge in [0.05, 0.1) is 25.5 Å². The van der Waals surface area contributed by atoms with E-state index in [0.29, 0.717) is 30.2 Å². The van der Waals surface area contributed by atoms with Crippen LogP contribution in [-0.4, -0.2) is 30.0 Å². The Morgan fingerprint density at radius 1 is 0.871 bits per heavy atom. The number of hydrogen-bond donors (Lipinski definition) is 2. The number of rotatable bonds is 6. The molecule has 0 atom stereocenters. The van der Waals surface area contributed by atoms with Gasteiger partial charge >= 0.3 is 0 Å². The van der Waals surface area contributed by atoms with Crippen molar-refractivity contribution in [3.05, 3.63) is 59.8 Å². The highest BCUT2D eigenvalue weighted by molar-refractivity contribution is 6.03. The van der Waals surface area contributed by atoms with Gasteiger partial charge in [0.2, 0.25) is 5.95 Å². The van der Waals surface area contributed by atoms with E-state index < -0.39 is 0 Å². The van der Waals surface area contributed by atoms with Gasteiger partial charge in [-0.2, -0.15) is 4.98 Å². The third kappa shape index (κ3) is 4.60. The number of nitrogens with zero attached hydrogens (tertiary/aromatic N) is 2. The van der Waals surface area contributed by atoms with Gasteiger partial charge in [0.25, 0.3) is 0 Å². The van der Waals surface area contributed by atoms with Crippen molar-refractivity contribution in [2.45, 2.75) is 26.7 Å². The average Bonchev–Trinajstić information content (AvgIpc) is 2.73. The van der Waals surface area contributed by atoms with Crippen LogP contribution in [0.2, 0.25) is 0 Å². The second-order valence-corrected chi connectivity index (χ2v) is 8.37. The van der Waals surface area contributed by atoms with Gasteiger partial charge in [-0.25, -0.2) is 4.98 Å². The molecule has 3 aromatic rings. The van der Waals surface area contributed by atoms with Crippen molar-refractivity contribution in [2.24, 2.45) is 5.41 Å². The molecule has 0 aliphatic heterocycles. The molecule has 0 fully saturated rings. The Kier molecular flexibility index (Phi) is 5.50. The lowest BCUT2D eigenvalue weighted by molar-refractivity contribution is 0.0911. The monoisotopic (exact) mass is 418 g/mol. The minimum atomic E-state index is -0.150.